The first-order valence-corrected chi connectivity index (χ1v) is 21.9. The van der Waals surface area contributed by atoms with Crippen LogP contribution < -0.4 is 0 Å². The summed E-state index contributed by atoms with van der Waals surface area (Å²) in [6.07, 6.45) is 36.3. The van der Waals surface area contributed by atoms with E-state index in [0.717, 1.165) is 70.9 Å². The average molecular weight is 700 g/mol. The quantitative estimate of drug-likeness (QED) is 0.0338. The number of carbonyl (C=O) groups excluding carboxylic acids is 1. The fraction of sp³-hybridized carbons (Fsp3) is 0.976. The molecule has 0 aliphatic rings. The van der Waals surface area contributed by atoms with Gasteiger partial charge in [0.15, 0.2) is 0 Å². The van der Waals surface area contributed by atoms with E-state index < -0.39 is 0 Å². The predicted octanol–water partition coefficient (Wildman–Crippen LogP) is 12.0. The number of esters is 1. The van der Waals surface area contributed by atoms with Crippen LogP contribution in [-0.4, -0.2) is 64.8 Å². The van der Waals surface area contributed by atoms with Crippen molar-refractivity contribution in [3.05, 3.63) is 0 Å². The highest BCUT2D eigenvalue weighted by Crippen LogP contribution is 2.19. The molecule has 288 valence electrons. The Morgan fingerprint density at radius 1 is 0.562 bits per heavy atom. The van der Waals surface area contributed by atoms with Gasteiger partial charge in [-0.1, -0.05) is 162 Å². The Bertz CT molecular complexity index is 635. The van der Waals surface area contributed by atoms with Crippen molar-refractivity contribution in [3.8, 4) is 0 Å². The van der Waals surface area contributed by atoms with E-state index in [1.54, 1.807) is 0 Å². The molecule has 0 aromatic carbocycles. The number of aliphatic hydroxyl groups is 2. The molecule has 0 aliphatic carbocycles. The topological polar surface area (TPSA) is 70.0 Å². The molecule has 0 radical (unpaired) electrons. The summed E-state index contributed by atoms with van der Waals surface area (Å²) in [6.45, 7) is 9.26. The van der Waals surface area contributed by atoms with Gasteiger partial charge in [0.2, 0.25) is 0 Å². The number of ether oxygens (including phenoxy) is 1. The maximum atomic E-state index is 12.7. The number of hydrogen-bond acceptors (Lipinski definition) is 6. The van der Waals surface area contributed by atoms with Crippen molar-refractivity contribution in [2.45, 2.75) is 237 Å². The van der Waals surface area contributed by atoms with Crippen molar-refractivity contribution in [1.29, 1.82) is 0 Å². The molecule has 2 N–H and O–H groups in total. The van der Waals surface area contributed by atoms with Crippen LogP contribution in [0.1, 0.15) is 220 Å². The third-order valence-corrected chi connectivity index (χ3v) is 10.4. The van der Waals surface area contributed by atoms with E-state index >= 15 is 0 Å². The predicted molar refractivity (Wildman–Crippen MR) is 212 cm³/mol. The van der Waals surface area contributed by atoms with Gasteiger partial charge in [0.1, 0.15) is 6.10 Å². The zero-order valence-corrected chi connectivity index (χ0v) is 33.5. The molecule has 0 aromatic rings. The number of nitrogens with zero attached hydrogens (tertiary/aromatic N) is 1. The van der Waals surface area contributed by atoms with Crippen LogP contribution in [0.2, 0.25) is 0 Å². The van der Waals surface area contributed by atoms with Gasteiger partial charge < -0.3 is 14.9 Å². The van der Waals surface area contributed by atoms with Crippen molar-refractivity contribution in [2.75, 3.05) is 26.2 Å². The van der Waals surface area contributed by atoms with Crippen LogP contribution in [0.5, 0.6) is 0 Å². The Kier molecular flexibility index (Phi) is 37.7. The molecule has 0 fully saturated rings. The number of unbranched alkanes of at least 4 members (excludes halogenated alkanes) is 21. The second kappa shape index (κ2) is 37.9. The van der Waals surface area contributed by atoms with E-state index in [2.05, 4.69) is 25.7 Å². The van der Waals surface area contributed by atoms with Crippen molar-refractivity contribution >= 4 is 18.6 Å². The van der Waals surface area contributed by atoms with Gasteiger partial charge in [0.25, 0.3) is 0 Å². The molecule has 5 nitrogen and oxygen atoms in total. The number of carbonyl (C=O) groups is 1. The lowest BCUT2D eigenvalue weighted by Crippen LogP contribution is -2.37. The molecule has 6 heteroatoms. The number of aliphatic hydroxyl groups excluding tert-OH is 2. The van der Waals surface area contributed by atoms with E-state index in [9.17, 15) is 15.0 Å². The lowest BCUT2D eigenvalue weighted by atomic mass is 10.0. The lowest BCUT2D eigenvalue weighted by Gasteiger charge is -2.27. The molecule has 0 spiro atoms. The van der Waals surface area contributed by atoms with E-state index in [-0.39, 0.29) is 30.0 Å². The minimum absolute atomic E-state index is 0.00837. The zero-order chi connectivity index (χ0) is 35.3. The molecule has 0 saturated heterocycles. The largest absolute Gasteiger partial charge is 0.462 e. The maximum absolute atomic E-state index is 12.7. The summed E-state index contributed by atoms with van der Waals surface area (Å²) in [5.41, 5.74) is 0. The summed E-state index contributed by atoms with van der Waals surface area (Å²) in [6, 6.07) is 0. The molecule has 48 heavy (non-hydrogen) atoms. The van der Waals surface area contributed by atoms with Crippen molar-refractivity contribution in [2.24, 2.45) is 0 Å². The Morgan fingerprint density at radius 2 is 0.979 bits per heavy atom. The van der Waals surface area contributed by atoms with Crippen LogP contribution in [0.3, 0.4) is 0 Å². The Morgan fingerprint density at radius 3 is 1.46 bits per heavy atom. The molecule has 0 heterocycles. The second-order valence-electron chi connectivity index (χ2n) is 14.9. The molecular formula is C42H85NO4S. The highest BCUT2D eigenvalue weighted by molar-refractivity contribution is 7.81. The smallest absolute Gasteiger partial charge is 0.306 e. The van der Waals surface area contributed by atoms with Crippen LogP contribution in [0, 0.1) is 0 Å². The monoisotopic (exact) mass is 700 g/mol. The average Bonchev–Trinajstić information content (AvgIpc) is 3.07. The van der Waals surface area contributed by atoms with Crippen LogP contribution in [0.15, 0.2) is 0 Å². The summed E-state index contributed by atoms with van der Waals surface area (Å²) in [7, 11) is 0. The zero-order valence-electron chi connectivity index (χ0n) is 32.6. The van der Waals surface area contributed by atoms with E-state index in [1.807, 2.05) is 0 Å². The van der Waals surface area contributed by atoms with Gasteiger partial charge in [-0.2, -0.15) is 12.6 Å². The van der Waals surface area contributed by atoms with E-state index in [4.69, 9.17) is 17.4 Å². The molecule has 0 rings (SSSR count). The highest BCUT2D eigenvalue weighted by Gasteiger charge is 2.17. The molecule has 0 bridgehead atoms. The third-order valence-electron chi connectivity index (χ3n) is 9.94. The summed E-state index contributed by atoms with van der Waals surface area (Å²) in [5, 5.41) is 20.4. The minimum atomic E-state index is -0.310. The SMILES string of the molecule is CCCCCCCCCCCCC(O)CN(CCCO)CC(S)CCCCCC(=O)OC(CCCCCCCC)CCCCCCCC. The molecular weight excluding hydrogens is 615 g/mol. The first-order valence-electron chi connectivity index (χ1n) is 21.3. The molecule has 2 unspecified atom stereocenters. The molecule has 0 aliphatic heterocycles. The van der Waals surface area contributed by atoms with Crippen LogP contribution in [-0.2, 0) is 9.53 Å². The normalized spacial score (nSPS) is 13.1. The van der Waals surface area contributed by atoms with Crippen molar-refractivity contribution in [1.82, 2.24) is 4.90 Å². The number of rotatable bonds is 39. The standard InChI is InChI=1S/C42H85NO4S/c1-4-7-10-13-16-17-18-19-20-24-30-39(45)37-43(35-29-36-44)38-41(48)33-27-23-28-34-42(46)47-40(31-25-21-14-11-8-5-2)32-26-22-15-12-9-6-3/h39-41,44-45,48H,4-38H2,1-3H3. The van der Waals surface area contributed by atoms with E-state index in [0.29, 0.717) is 13.0 Å². The Labute approximate surface area is 305 Å². The van der Waals surface area contributed by atoms with Gasteiger partial charge in [0, 0.05) is 37.9 Å². The number of thiol groups is 1. The third kappa shape index (κ3) is 34.2. The van der Waals surface area contributed by atoms with Crippen molar-refractivity contribution in [3.63, 3.8) is 0 Å². The lowest BCUT2D eigenvalue weighted by molar-refractivity contribution is -0.150. The van der Waals surface area contributed by atoms with Gasteiger partial charge in [-0.05, 0) is 51.4 Å². The van der Waals surface area contributed by atoms with Gasteiger partial charge in [-0.15, -0.1) is 0 Å². The fourth-order valence-corrected chi connectivity index (χ4v) is 7.25. The summed E-state index contributed by atoms with van der Waals surface area (Å²) >= 11 is 4.89. The minimum Gasteiger partial charge on any atom is -0.462 e. The van der Waals surface area contributed by atoms with Gasteiger partial charge in [0.05, 0.1) is 6.10 Å². The van der Waals surface area contributed by atoms with Crippen molar-refractivity contribution < 1.29 is 19.7 Å². The first-order chi connectivity index (χ1) is 23.5. The van der Waals surface area contributed by atoms with E-state index in [1.165, 1.54) is 135 Å². The summed E-state index contributed by atoms with van der Waals surface area (Å²) in [4.78, 5) is 15.0. The van der Waals surface area contributed by atoms with Crippen LogP contribution in [0.4, 0.5) is 0 Å². The molecule has 0 aromatic heterocycles. The number of hydrogen-bond donors (Lipinski definition) is 3. The van der Waals surface area contributed by atoms with Crippen LogP contribution >= 0.6 is 12.6 Å². The maximum Gasteiger partial charge on any atom is 0.306 e. The second-order valence-corrected chi connectivity index (χ2v) is 15.7. The Balaban J connectivity index is 4.27. The first kappa shape index (κ1) is 47.7. The van der Waals surface area contributed by atoms with Crippen LogP contribution in [0.25, 0.3) is 0 Å². The molecule has 2 atom stereocenters. The molecule has 0 saturated carbocycles. The highest BCUT2D eigenvalue weighted by atomic mass is 32.1. The van der Waals surface area contributed by atoms with Gasteiger partial charge in [-0.3, -0.25) is 9.69 Å². The molecule has 0 amide bonds. The summed E-state index contributed by atoms with van der Waals surface area (Å²) < 4.78 is 6.02. The van der Waals surface area contributed by atoms with Gasteiger partial charge >= 0.3 is 5.97 Å². The summed E-state index contributed by atoms with van der Waals surface area (Å²) in [5.74, 6) is -0.00837. The fourth-order valence-electron chi connectivity index (χ4n) is 6.84. The van der Waals surface area contributed by atoms with Gasteiger partial charge in [-0.25, -0.2) is 0 Å². The Hall–Kier alpha value is -0.300.